The van der Waals surface area contributed by atoms with Crippen LogP contribution in [0.25, 0.3) is 0 Å². The molecule has 0 radical (unpaired) electrons. The molecule has 0 saturated heterocycles. The van der Waals surface area contributed by atoms with Crippen molar-refractivity contribution in [1.29, 1.82) is 0 Å². The molecule has 0 atom stereocenters. The minimum Gasteiger partial charge on any atom is -0.490 e. The van der Waals surface area contributed by atoms with Crippen LogP contribution in [0.3, 0.4) is 0 Å². The maximum atomic E-state index is 13.6. The lowest BCUT2D eigenvalue weighted by molar-refractivity contribution is 0.152. The molecule has 0 heterocycles. The van der Waals surface area contributed by atoms with Gasteiger partial charge in [0, 0.05) is 9.89 Å². The van der Waals surface area contributed by atoms with Crippen LogP contribution >= 0.6 is 28.6 Å². The fourth-order valence-corrected chi connectivity index (χ4v) is 2.42. The molecular weight excluding hydrogens is 303 g/mol. The van der Waals surface area contributed by atoms with Crippen LogP contribution < -0.4 is 4.74 Å². The van der Waals surface area contributed by atoms with Crippen molar-refractivity contribution in [2.45, 2.75) is 26.7 Å². The molecule has 0 saturated carbocycles. The normalized spacial score (nSPS) is 11.6. The second-order valence-electron chi connectivity index (χ2n) is 4.23. The van der Waals surface area contributed by atoms with Gasteiger partial charge in [-0.3, -0.25) is 0 Å². The first kappa shape index (κ1) is 14.8. The average Bonchev–Trinajstić information content (AvgIpc) is 2.33. The summed E-state index contributed by atoms with van der Waals surface area (Å²) in [6.07, 6.45) is 1.95. The van der Waals surface area contributed by atoms with Gasteiger partial charge < -0.3 is 4.74 Å². The van der Waals surface area contributed by atoms with E-state index in [1.807, 2.05) is 0 Å². The minimum atomic E-state index is -0.334. The van der Waals surface area contributed by atoms with E-state index in [-0.39, 0.29) is 11.2 Å². The Balaban J connectivity index is 2.72. The highest BCUT2D eigenvalue weighted by molar-refractivity contribution is 9.10. The molecular formula is C13H18BrFOS. The van der Waals surface area contributed by atoms with Gasteiger partial charge in [-0.15, -0.1) is 0 Å². The smallest absolute Gasteiger partial charge is 0.166 e. The number of rotatable bonds is 6. The van der Waals surface area contributed by atoms with E-state index in [2.05, 4.69) is 42.4 Å². The zero-order valence-corrected chi connectivity index (χ0v) is 12.7. The van der Waals surface area contributed by atoms with Crippen molar-refractivity contribution in [2.75, 3.05) is 12.4 Å². The topological polar surface area (TPSA) is 9.23 Å². The molecule has 1 nitrogen and oxygen atoms in total. The highest BCUT2D eigenvalue weighted by Crippen LogP contribution is 2.30. The first-order chi connectivity index (χ1) is 8.06. The van der Waals surface area contributed by atoms with Crippen LogP contribution in [0, 0.1) is 11.2 Å². The van der Waals surface area contributed by atoms with Crippen molar-refractivity contribution in [3.63, 3.8) is 0 Å². The Morgan fingerprint density at radius 1 is 1.35 bits per heavy atom. The first-order valence-corrected chi connectivity index (χ1v) is 7.18. The van der Waals surface area contributed by atoms with Gasteiger partial charge in [0.05, 0.1) is 6.61 Å². The lowest BCUT2D eigenvalue weighted by Crippen LogP contribution is -2.29. The molecule has 0 aliphatic heterocycles. The highest BCUT2D eigenvalue weighted by Gasteiger charge is 2.25. The summed E-state index contributed by atoms with van der Waals surface area (Å²) >= 11 is 7.59. The predicted molar refractivity (Wildman–Crippen MR) is 76.5 cm³/mol. The maximum Gasteiger partial charge on any atom is 0.166 e. The summed E-state index contributed by atoms with van der Waals surface area (Å²) < 4.78 is 19.9. The zero-order valence-electron chi connectivity index (χ0n) is 10.2. The first-order valence-electron chi connectivity index (χ1n) is 5.75. The van der Waals surface area contributed by atoms with Crippen LogP contribution in [0.15, 0.2) is 22.7 Å². The molecule has 0 unspecified atom stereocenters. The van der Waals surface area contributed by atoms with Crippen LogP contribution in [0.2, 0.25) is 0 Å². The van der Waals surface area contributed by atoms with Gasteiger partial charge in [0.25, 0.3) is 0 Å². The predicted octanol–water partition coefficient (Wildman–Crippen LogP) is 4.70. The van der Waals surface area contributed by atoms with E-state index in [4.69, 9.17) is 4.74 Å². The van der Waals surface area contributed by atoms with Crippen LogP contribution in [-0.2, 0) is 0 Å². The largest absolute Gasteiger partial charge is 0.490 e. The summed E-state index contributed by atoms with van der Waals surface area (Å²) in [5, 5.41) is 0. The van der Waals surface area contributed by atoms with Crippen molar-refractivity contribution in [3.8, 4) is 5.75 Å². The number of ether oxygens (including phenoxy) is 1. The van der Waals surface area contributed by atoms with Crippen LogP contribution in [0.4, 0.5) is 4.39 Å². The molecule has 0 spiro atoms. The number of hydrogen-bond acceptors (Lipinski definition) is 2. The molecule has 0 aliphatic rings. The molecule has 0 aromatic heterocycles. The third-order valence-corrected chi connectivity index (χ3v) is 4.43. The summed E-state index contributed by atoms with van der Waals surface area (Å²) in [6.45, 7) is 4.73. The fraction of sp³-hybridized carbons (Fsp3) is 0.538. The summed E-state index contributed by atoms with van der Waals surface area (Å²) in [4.78, 5) is 0. The minimum absolute atomic E-state index is 0.0304. The van der Waals surface area contributed by atoms with Crippen molar-refractivity contribution in [2.24, 2.45) is 5.41 Å². The van der Waals surface area contributed by atoms with Gasteiger partial charge in [0.1, 0.15) is 0 Å². The van der Waals surface area contributed by atoms with Crippen LogP contribution in [0.5, 0.6) is 5.75 Å². The van der Waals surface area contributed by atoms with Crippen LogP contribution in [-0.4, -0.2) is 12.4 Å². The van der Waals surface area contributed by atoms with Crippen molar-refractivity contribution >= 4 is 28.6 Å². The molecule has 0 amide bonds. The van der Waals surface area contributed by atoms with Gasteiger partial charge in [0.15, 0.2) is 11.6 Å². The van der Waals surface area contributed by atoms with E-state index in [1.54, 1.807) is 12.1 Å². The van der Waals surface area contributed by atoms with E-state index in [9.17, 15) is 4.39 Å². The highest BCUT2D eigenvalue weighted by atomic mass is 79.9. The lowest BCUT2D eigenvalue weighted by Gasteiger charge is -2.29. The molecule has 0 aliphatic carbocycles. The van der Waals surface area contributed by atoms with Gasteiger partial charge >= 0.3 is 0 Å². The van der Waals surface area contributed by atoms with Gasteiger partial charge in [-0.1, -0.05) is 29.8 Å². The summed E-state index contributed by atoms with van der Waals surface area (Å²) in [5.41, 5.74) is 0.0304. The Morgan fingerprint density at radius 2 is 2.00 bits per heavy atom. The monoisotopic (exact) mass is 320 g/mol. The Morgan fingerprint density at radius 3 is 2.47 bits per heavy atom. The molecule has 1 rings (SSSR count). The van der Waals surface area contributed by atoms with Gasteiger partial charge in [-0.05, 0) is 36.8 Å². The number of thiol groups is 1. The molecule has 4 heteroatoms. The molecule has 96 valence electrons. The fourth-order valence-electron chi connectivity index (χ4n) is 1.55. The van der Waals surface area contributed by atoms with Crippen LogP contribution in [0.1, 0.15) is 26.7 Å². The molecule has 0 bridgehead atoms. The molecule has 1 aromatic rings. The van der Waals surface area contributed by atoms with Crippen molar-refractivity contribution in [1.82, 2.24) is 0 Å². The van der Waals surface area contributed by atoms with Crippen molar-refractivity contribution < 1.29 is 9.13 Å². The van der Waals surface area contributed by atoms with E-state index < -0.39 is 0 Å². The zero-order chi connectivity index (χ0) is 12.9. The third kappa shape index (κ3) is 3.88. The van der Waals surface area contributed by atoms with E-state index in [1.165, 1.54) is 6.07 Å². The Labute approximate surface area is 116 Å². The quantitative estimate of drug-likeness (QED) is 0.747. The van der Waals surface area contributed by atoms with E-state index in [0.29, 0.717) is 16.8 Å². The molecule has 17 heavy (non-hydrogen) atoms. The molecule has 0 N–H and O–H groups in total. The average molecular weight is 321 g/mol. The Bertz CT molecular complexity index is 358. The standard InChI is InChI=1S/C13H18BrFOS/c1-3-13(4-2,9-17)8-16-12-6-5-10(14)7-11(12)15/h5-7,17H,3-4,8-9H2,1-2H3. The maximum absolute atomic E-state index is 13.6. The summed E-state index contributed by atoms with van der Waals surface area (Å²) in [5.74, 6) is 0.721. The molecule has 1 aromatic carbocycles. The Kier molecular flexibility index (Phi) is 5.80. The third-order valence-electron chi connectivity index (χ3n) is 3.26. The number of benzene rings is 1. The van der Waals surface area contributed by atoms with E-state index in [0.717, 1.165) is 18.6 Å². The number of halogens is 2. The second-order valence-corrected chi connectivity index (χ2v) is 5.46. The number of hydrogen-bond donors (Lipinski definition) is 1. The van der Waals surface area contributed by atoms with Gasteiger partial charge in [-0.2, -0.15) is 12.6 Å². The summed E-state index contributed by atoms with van der Waals surface area (Å²) in [7, 11) is 0. The lowest BCUT2D eigenvalue weighted by atomic mass is 9.85. The SMILES string of the molecule is CCC(CC)(CS)COc1ccc(Br)cc1F. The second kappa shape index (κ2) is 6.64. The Hall–Kier alpha value is -0.220. The summed E-state index contributed by atoms with van der Waals surface area (Å²) in [6, 6.07) is 4.84. The van der Waals surface area contributed by atoms with Gasteiger partial charge in [0.2, 0.25) is 0 Å². The molecule has 0 fully saturated rings. The van der Waals surface area contributed by atoms with E-state index >= 15 is 0 Å². The van der Waals surface area contributed by atoms with Gasteiger partial charge in [-0.25, -0.2) is 4.39 Å². The van der Waals surface area contributed by atoms with Crippen molar-refractivity contribution in [3.05, 3.63) is 28.5 Å².